The van der Waals surface area contributed by atoms with E-state index in [9.17, 15) is 14.4 Å². The molecule has 3 N–H and O–H groups in total. The van der Waals surface area contributed by atoms with Crippen LogP contribution in [-0.4, -0.2) is 28.6 Å². The first-order valence-corrected chi connectivity index (χ1v) is 11.1. The Morgan fingerprint density at radius 3 is 2.55 bits per heavy atom. The van der Waals surface area contributed by atoms with Crippen LogP contribution in [0.3, 0.4) is 0 Å². The van der Waals surface area contributed by atoms with E-state index in [0.29, 0.717) is 11.4 Å². The number of nitrogen functional groups attached to an aromatic ring is 1. The molecule has 0 aliphatic heterocycles. The Morgan fingerprint density at radius 2 is 1.88 bits per heavy atom. The van der Waals surface area contributed by atoms with Gasteiger partial charge >= 0.3 is 5.69 Å². The van der Waals surface area contributed by atoms with Crippen molar-refractivity contribution in [2.24, 2.45) is 0 Å². The Balaban J connectivity index is 1.93. The highest BCUT2D eigenvalue weighted by Gasteiger charge is 2.24. The lowest BCUT2D eigenvalue weighted by Gasteiger charge is -2.24. The summed E-state index contributed by atoms with van der Waals surface area (Å²) in [6, 6.07) is 13.8. The molecule has 8 nitrogen and oxygen atoms in total. The highest BCUT2D eigenvalue weighted by Crippen LogP contribution is 2.28. The van der Waals surface area contributed by atoms with Gasteiger partial charge in [0.15, 0.2) is 12.3 Å². The topological polar surface area (TPSA) is 110 Å². The van der Waals surface area contributed by atoms with Gasteiger partial charge in [-0.05, 0) is 30.2 Å². The molecule has 1 aromatic heterocycles. The van der Waals surface area contributed by atoms with E-state index in [4.69, 9.17) is 33.7 Å². The Kier molecular flexibility index (Phi) is 8.19. The molecule has 2 aromatic carbocycles. The Labute approximate surface area is 200 Å². The molecule has 0 saturated heterocycles. The number of benzene rings is 2. The predicted molar refractivity (Wildman–Crippen MR) is 130 cm³/mol. The SMILES string of the molecule is CCCCN(C(=O)COc1ccc(Cl)cc1Cl)c1c(N)n(Cc2ccccc2)c(=O)[nH]c1=O. The van der Waals surface area contributed by atoms with Crippen molar-refractivity contribution in [2.45, 2.75) is 26.3 Å². The molecule has 1 amide bonds. The van der Waals surface area contributed by atoms with Crippen LogP contribution in [-0.2, 0) is 11.3 Å². The standard InChI is InChI=1S/C23H24Cl2N4O4/c1-2-3-11-28(19(30)14-33-18-10-9-16(24)12-17(18)25)20-21(26)29(23(32)27-22(20)31)13-15-7-5-4-6-8-15/h4-10,12H,2-3,11,13-14,26H2,1H3,(H,27,31,32). The van der Waals surface area contributed by atoms with E-state index in [1.165, 1.54) is 15.5 Å². The summed E-state index contributed by atoms with van der Waals surface area (Å²) in [5.74, 6) is -0.320. The first-order chi connectivity index (χ1) is 15.8. The van der Waals surface area contributed by atoms with E-state index in [2.05, 4.69) is 4.98 Å². The highest BCUT2D eigenvalue weighted by molar-refractivity contribution is 6.35. The van der Waals surface area contributed by atoms with Gasteiger partial charge < -0.3 is 15.4 Å². The molecule has 0 spiro atoms. The first-order valence-electron chi connectivity index (χ1n) is 10.4. The zero-order valence-electron chi connectivity index (χ0n) is 18.0. The van der Waals surface area contributed by atoms with Gasteiger partial charge in [0, 0.05) is 11.6 Å². The molecular weight excluding hydrogens is 467 g/mol. The van der Waals surface area contributed by atoms with Crippen LogP contribution in [0, 0.1) is 0 Å². The van der Waals surface area contributed by atoms with Crippen molar-refractivity contribution in [3.8, 4) is 5.75 Å². The smallest absolute Gasteiger partial charge is 0.330 e. The number of carbonyl (C=O) groups is 1. The van der Waals surface area contributed by atoms with E-state index in [-0.39, 0.29) is 42.0 Å². The molecule has 0 saturated carbocycles. The number of ether oxygens (including phenoxy) is 1. The van der Waals surface area contributed by atoms with E-state index in [1.807, 2.05) is 37.3 Å². The fourth-order valence-corrected chi connectivity index (χ4v) is 3.71. The number of aromatic nitrogens is 2. The van der Waals surface area contributed by atoms with Crippen molar-refractivity contribution in [2.75, 3.05) is 23.8 Å². The number of carbonyl (C=O) groups excluding carboxylic acids is 1. The number of hydrogen-bond acceptors (Lipinski definition) is 5. The number of H-pyrrole nitrogens is 1. The molecule has 33 heavy (non-hydrogen) atoms. The van der Waals surface area contributed by atoms with E-state index < -0.39 is 17.2 Å². The molecule has 0 bridgehead atoms. The molecule has 174 valence electrons. The van der Waals surface area contributed by atoms with Gasteiger partial charge in [0.25, 0.3) is 11.5 Å². The van der Waals surface area contributed by atoms with Crippen LogP contribution in [0.25, 0.3) is 0 Å². The van der Waals surface area contributed by atoms with Gasteiger partial charge in [-0.1, -0.05) is 66.9 Å². The molecule has 0 atom stereocenters. The van der Waals surface area contributed by atoms with Gasteiger partial charge in [-0.15, -0.1) is 0 Å². The molecule has 1 heterocycles. The highest BCUT2D eigenvalue weighted by atomic mass is 35.5. The van der Waals surface area contributed by atoms with Crippen molar-refractivity contribution in [3.63, 3.8) is 0 Å². The van der Waals surface area contributed by atoms with Crippen LogP contribution < -0.4 is 26.6 Å². The number of halogens is 2. The lowest BCUT2D eigenvalue weighted by molar-refractivity contribution is -0.120. The van der Waals surface area contributed by atoms with Crippen molar-refractivity contribution in [1.82, 2.24) is 9.55 Å². The minimum atomic E-state index is -0.740. The number of hydrogen-bond donors (Lipinski definition) is 2. The second-order valence-corrected chi connectivity index (χ2v) is 8.17. The minimum Gasteiger partial charge on any atom is -0.482 e. The van der Waals surface area contributed by atoms with Crippen LogP contribution in [0.1, 0.15) is 25.3 Å². The minimum absolute atomic E-state index is 0.0882. The van der Waals surface area contributed by atoms with Crippen LogP contribution in [0.5, 0.6) is 5.75 Å². The largest absolute Gasteiger partial charge is 0.482 e. The summed E-state index contributed by atoms with van der Waals surface area (Å²) in [6.45, 7) is 1.93. The Hall–Kier alpha value is -3.23. The van der Waals surface area contributed by atoms with E-state index >= 15 is 0 Å². The van der Waals surface area contributed by atoms with Gasteiger partial charge in [0.1, 0.15) is 11.6 Å². The van der Waals surface area contributed by atoms with Crippen LogP contribution in [0.4, 0.5) is 11.5 Å². The second kappa shape index (κ2) is 11.1. The van der Waals surface area contributed by atoms with E-state index in [1.54, 1.807) is 12.1 Å². The fourth-order valence-electron chi connectivity index (χ4n) is 3.25. The maximum absolute atomic E-state index is 13.1. The third-order valence-electron chi connectivity index (χ3n) is 4.95. The maximum Gasteiger partial charge on any atom is 0.330 e. The predicted octanol–water partition coefficient (Wildman–Crippen LogP) is 3.69. The maximum atomic E-state index is 13.1. The number of nitrogens with two attached hydrogens (primary N) is 1. The molecule has 3 rings (SSSR count). The molecular formula is C23H24Cl2N4O4. The Bertz CT molecular complexity index is 1240. The normalized spacial score (nSPS) is 10.8. The molecule has 0 fully saturated rings. The number of nitrogens with zero attached hydrogens (tertiary/aromatic N) is 2. The average molecular weight is 491 g/mol. The molecule has 3 aromatic rings. The summed E-state index contributed by atoms with van der Waals surface area (Å²) < 4.78 is 6.79. The monoisotopic (exact) mass is 490 g/mol. The summed E-state index contributed by atoms with van der Waals surface area (Å²) in [6.07, 6.45) is 1.39. The molecule has 0 aliphatic carbocycles. The summed E-state index contributed by atoms with van der Waals surface area (Å²) >= 11 is 12.0. The van der Waals surface area contributed by atoms with Crippen LogP contribution in [0.15, 0.2) is 58.1 Å². The fraction of sp³-hybridized carbons (Fsp3) is 0.261. The van der Waals surface area contributed by atoms with Crippen molar-refractivity contribution in [1.29, 1.82) is 0 Å². The summed E-state index contributed by atoms with van der Waals surface area (Å²) in [5.41, 5.74) is 5.60. The summed E-state index contributed by atoms with van der Waals surface area (Å²) in [7, 11) is 0. The quantitative estimate of drug-likeness (QED) is 0.475. The lowest BCUT2D eigenvalue weighted by Crippen LogP contribution is -2.43. The molecule has 0 radical (unpaired) electrons. The average Bonchev–Trinajstić information content (AvgIpc) is 2.78. The van der Waals surface area contributed by atoms with Gasteiger partial charge in [-0.25, -0.2) is 4.79 Å². The third kappa shape index (κ3) is 5.97. The Morgan fingerprint density at radius 1 is 1.15 bits per heavy atom. The zero-order chi connectivity index (χ0) is 24.0. The molecule has 0 unspecified atom stereocenters. The number of rotatable bonds is 9. The van der Waals surface area contributed by atoms with Crippen LogP contribution in [0.2, 0.25) is 10.0 Å². The molecule has 10 heteroatoms. The summed E-state index contributed by atoms with van der Waals surface area (Å²) in [4.78, 5) is 41.8. The lowest BCUT2D eigenvalue weighted by atomic mass is 10.2. The zero-order valence-corrected chi connectivity index (χ0v) is 19.5. The van der Waals surface area contributed by atoms with Crippen molar-refractivity contribution < 1.29 is 9.53 Å². The van der Waals surface area contributed by atoms with Crippen molar-refractivity contribution in [3.05, 3.63) is 85.0 Å². The number of aromatic amines is 1. The molecule has 0 aliphatic rings. The number of unbranched alkanes of at least 4 members (excludes halogenated alkanes) is 1. The second-order valence-electron chi connectivity index (χ2n) is 7.33. The number of amides is 1. The van der Waals surface area contributed by atoms with Crippen molar-refractivity contribution >= 4 is 40.6 Å². The first kappa shape index (κ1) is 24.4. The summed E-state index contributed by atoms with van der Waals surface area (Å²) in [5, 5.41) is 0.687. The van der Waals surface area contributed by atoms with Gasteiger partial charge in [-0.3, -0.25) is 19.1 Å². The number of nitrogens with one attached hydrogen (secondary N) is 1. The third-order valence-corrected chi connectivity index (χ3v) is 5.48. The van der Waals surface area contributed by atoms with Gasteiger partial charge in [0.2, 0.25) is 0 Å². The van der Waals surface area contributed by atoms with Crippen LogP contribution >= 0.6 is 23.2 Å². The van der Waals surface area contributed by atoms with E-state index in [0.717, 1.165) is 12.0 Å². The van der Waals surface area contributed by atoms with Gasteiger partial charge in [-0.2, -0.15) is 0 Å². The number of anilines is 2. The van der Waals surface area contributed by atoms with Gasteiger partial charge in [0.05, 0.1) is 11.6 Å².